The van der Waals surface area contributed by atoms with E-state index in [1.54, 1.807) is 6.92 Å². The lowest BCUT2D eigenvalue weighted by Gasteiger charge is -2.44. The van der Waals surface area contributed by atoms with Crippen molar-refractivity contribution in [2.45, 2.75) is 117 Å². The van der Waals surface area contributed by atoms with Gasteiger partial charge in [-0.1, -0.05) is 55.4 Å². The Morgan fingerprint density at radius 3 is 1.48 bits per heavy atom. The minimum atomic E-state index is -2.02. The molecular formula is C21H48O4Si2. The molecule has 0 rings (SSSR count). The lowest BCUT2D eigenvalue weighted by molar-refractivity contribution is -0.0470. The molecule has 0 amide bonds. The second-order valence-electron chi connectivity index (χ2n) is 11.4. The van der Waals surface area contributed by atoms with Crippen molar-refractivity contribution in [2.75, 3.05) is 6.61 Å². The van der Waals surface area contributed by atoms with Gasteiger partial charge in [0.15, 0.2) is 16.6 Å². The van der Waals surface area contributed by atoms with Gasteiger partial charge in [-0.2, -0.15) is 0 Å². The molecule has 164 valence electrons. The molecule has 6 heteroatoms. The van der Waals surface area contributed by atoms with Crippen LogP contribution in [0.1, 0.15) is 62.3 Å². The predicted octanol–water partition coefficient (Wildman–Crippen LogP) is 5.41. The van der Waals surface area contributed by atoms with Crippen LogP contribution >= 0.6 is 0 Å². The lowest BCUT2D eigenvalue weighted by Crippen LogP contribution is -2.52. The highest BCUT2D eigenvalue weighted by Crippen LogP contribution is 2.40. The molecule has 0 radical (unpaired) electrons. The highest BCUT2D eigenvalue weighted by atomic mass is 28.4. The summed E-state index contributed by atoms with van der Waals surface area (Å²) < 4.78 is 13.2. The molecule has 0 aliphatic carbocycles. The van der Waals surface area contributed by atoms with Gasteiger partial charge in [0.05, 0.1) is 24.9 Å². The van der Waals surface area contributed by atoms with Crippen LogP contribution in [-0.2, 0) is 8.85 Å². The Bertz CT molecular complexity index is 450. The Morgan fingerprint density at radius 1 is 0.741 bits per heavy atom. The number of aliphatic hydroxyl groups is 2. The van der Waals surface area contributed by atoms with Crippen LogP contribution in [0.3, 0.4) is 0 Å². The molecule has 0 aromatic heterocycles. The van der Waals surface area contributed by atoms with E-state index in [2.05, 4.69) is 67.7 Å². The summed E-state index contributed by atoms with van der Waals surface area (Å²) in [6, 6.07) is 0. The van der Waals surface area contributed by atoms with Crippen molar-refractivity contribution < 1.29 is 19.1 Å². The lowest BCUT2D eigenvalue weighted by atomic mass is 9.87. The molecule has 0 unspecified atom stereocenters. The van der Waals surface area contributed by atoms with Gasteiger partial charge in [0.25, 0.3) is 0 Å². The first-order chi connectivity index (χ1) is 11.7. The quantitative estimate of drug-likeness (QED) is 0.489. The number of hydrogen-bond donors (Lipinski definition) is 2. The van der Waals surface area contributed by atoms with E-state index in [0.29, 0.717) is 6.61 Å². The van der Waals surface area contributed by atoms with Crippen molar-refractivity contribution in [2.24, 2.45) is 11.8 Å². The van der Waals surface area contributed by atoms with Gasteiger partial charge in [-0.25, -0.2) is 0 Å². The van der Waals surface area contributed by atoms with Gasteiger partial charge in [-0.3, -0.25) is 0 Å². The highest BCUT2D eigenvalue weighted by Gasteiger charge is 2.44. The monoisotopic (exact) mass is 420 g/mol. The summed E-state index contributed by atoms with van der Waals surface area (Å²) in [5.41, 5.74) is 0. The molecule has 0 heterocycles. The molecule has 0 bridgehead atoms. The SMILES string of the molecule is C[C@H]([C@H](O)[C@@H](C)[C@@H](CO[Si](C)(C)C(C)(C)C)O[Si](C)(C)C(C)(C)C)[C@@H](C)O. The summed E-state index contributed by atoms with van der Waals surface area (Å²) >= 11 is 0. The first-order valence-corrected chi connectivity index (χ1v) is 16.2. The van der Waals surface area contributed by atoms with Crippen molar-refractivity contribution in [3.63, 3.8) is 0 Å². The molecule has 0 aromatic carbocycles. The zero-order chi connectivity index (χ0) is 22.0. The summed E-state index contributed by atoms with van der Waals surface area (Å²) in [5, 5.41) is 21.0. The maximum absolute atomic E-state index is 10.8. The number of hydrogen-bond acceptors (Lipinski definition) is 4. The smallest absolute Gasteiger partial charge is 0.192 e. The Labute approximate surface area is 171 Å². The molecule has 0 saturated heterocycles. The molecule has 2 N–H and O–H groups in total. The van der Waals surface area contributed by atoms with Crippen LogP contribution in [0.4, 0.5) is 0 Å². The number of rotatable bonds is 9. The molecule has 0 aliphatic heterocycles. The second kappa shape index (κ2) is 9.39. The average molecular weight is 421 g/mol. The minimum Gasteiger partial charge on any atom is -0.414 e. The van der Waals surface area contributed by atoms with Crippen molar-refractivity contribution in [1.29, 1.82) is 0 Å². The van der Waals surface area contributed by atoms with Gasteiger partial charge in [0.1, 0.15) is 0 Å². The van der Waals surface area contributed by atoms with Crippen molar-refractivity contribution >= 4 is 16.6 Å². The van der Waals surface area contributed by atoms with Crippen LogP contribution in [0.15, 0.2) is 0 Å². The fourth-order valence-corrected chi connectivity index (χ4v) is 4.75. The molecule has 5 atom stereocenters. The molecule has 0 aliphatic rings. The Hall–Kier alpha value is 0.274. The van der Waals surface area contributed by atoms with Crippen molar-refractivity contribution in [3.8, 4) is 0 Å². The Morgan fingerprint density at radius 2 is 1.15 bits per heavy atom. The van der Waals surface area contributed by atoms with E-state index in [9.17, 15) is 10.2 Å². The van der Waals surface area contributed by atoms with E-state index >= 15 is 0 Å². The van der Waals surface area contributed by atoms with Crippen LogP contribution in [0.25, 0.3) is 0 Å². The summed E-state index contributed by atoms with van der Waals surface area (Å²) in [6.45, 7) is 28.5. The van der Waals surface area contributed by atoms with Gasteiger partial charge in [0.2, 0.25) is 0 Å². The van der Waals surface area contributed by atoms with Gasteiger partial charge in [-0.15, -0.1) is 0 Å². The Kier molecular flexibility index (Phi) is 9.49. The molecular weight excluding hydrogens is 372 g/mol. The van der Waals surface area contributed by atoms with Crippen LogP contribution < -0.4 is 0 Å². The summed E-state index contributed by atoms with van der Waals surface area (Å²) in [4.78, 5) is 0. The fourth-order valence-electron chi connectivity index (χ4n) is 2.34. The maximum Gasteiger partial charge on any atom is 0.192 e. The van der Waals surface area contributed by atoms with Gasteiger partial charge >= 0.3 is 0 Å². The summed E-state index contributed by atoms with van der Waals surface area (Å²) in [6.07, 6.45) is -1.38. The largest absolute Gasteiger partial charge is 0.414 e. The topological polar surface area (TPSA) is 58.9 Å². The third kappa shape index (κ3) is 7.55. The molecule has 27 heavy (non-hydrogen) atoms. The minimum absolute atomic E-state index is 0.0861. The highest BCUT2D eigenvalue weighted by molar-refractivity contribution is 6.74. The standard InChI is InChI=1S/C21H48O4Si2/c1-15(17(3)22)19(23)16(2)18(25-27(12,13)21(7,8)9)14-24-26(10,11)20(4,5)6/h15-19,22-23H,14H2,1-13H3/t15-,16-,17+,18+,19-/m0/s1. The third-order valence-corrected chi connectivity index (χ3v) is 16.1. The second-order valence-corrected chi connectivity index (χ2v) is 21.0. The van der Waals surface area contributed by atoms with Gasteiger partial charge < -0.3 is 19.1 Å². The third-order valence-electron chi connectivity index (χ3n) is 7.09. The molecule has 4 nitrogen and oxygen atoms in total. The van der Waals surface area contributed by atoms with Gasteiger partial charge in [-0.05, 0) is 43.2 Å². The molecule has 0 saturated carbocycles. The van der Waals surface area contributed by atoms with Crippen LogP contribution in [0, 0.1) is 11.8 Å². The van der Waals surface area contributed by atoms with Crippen LogP contribution in [0.2, 0.25) is 36.3 Å². The van der Waals surface area contributed by atoms with E-state index in [4.69, 9.17) is 8.85 Å². The zero-order valence-electron chi connectivity index (χ0n) is 20.3. The van der Waals surface area contributed by atoms with E-state index in [0.717, 1.165) is 0 Å². The number of aliphatic hydroxyl groups excluding tert-OH is 2. The average Bonchev–Trinajstić information content (AvgIpc) is 2.46. The predicted molar refractivity (Wildman–Crippen MR) is 121 cm³/mol. The molecule has 0 spiro atoms. The Balaban J connectivity index is 5.57. The summed E-state index contributed by atoms with van der Waals surface area (Å²) in [7, 11) is -3.93. The fraction of sp³-hybridized carbons (Fsp3) is 1.00. The van der Waals surface area contributed by atoms with Crippen molar-refractivity contribution in [1.82, 2.24) is 0 Å². The molecule has 0 fully saturated rings. The maximum atomic E-state index is 10.8. The van der Waals surface area contributed by atoms with Gasteiger partial charge in [0, 0.05) is 11.8 Å². The van der Waals surface area contributed by atoms with E-state index in [-0.39, 0.29) is 28.0 Å². The first kappa shape index (κ1) is 27.3. The molecule has 0 aromatic rings. The van der Waals surface area contributed by atoms with Crippen molar-refractivity contribution in [3.05, 3.63) is 0 Å². The van der Waals surface area contributed by atoms with E-state index < -0.39 is 28.8 Å². The summed E-state index contributed by atoms with van der Waals surface area (Å²) in [5.74, 6) is -0.327. The first-order valence-electron chi connectivity index (χ1n) is 10.4. The van der Waals surface area contributed by atoms with E-state index in [1.165, 1.54) is 0 Å². The normalized spacial score (nSPS) is 20.1. The zero-order valence-corrected chi connectivity index (χ0v) is 22.3. The van der Waals surface area contributed by atoms with E-state index in [1.807, 2.05) is 13.8 Å². The van der Waals surface area contributed by atoms with Crippen LogP contribution in [-0.4, -0.2) is 51.8 Å². The van der Waals surface area contributed by atoms with Crippen LogP contribution in [0.5, 0.6) is 0 Å².